The van der Waals surface area contributed by atoms with Crippen molar-refractivity contribution >= 4 is 46.7 Å². The van der Waals surface area contributed by atoms with Crippen LogP contribution in [0.1, 0.15) is 29.8 Å². The molecule has 2 aromatic rings. The van der Waals surface area contributed by atoms with Crippen LogP contribution in [0.5, 0.6) is 0 Å². The topological polar surface area (TPSA) is 74.0 Å². The van der Waals surface area contributed by atoms with E-state index in [4.69, 9.17) is 17.3 Å². The Bertz CT molecular complexity index is 1070. The zero-order chi connectivity index (χ0) is 23.6. The number of anilines is 1. The highest BCUT2D eigenvalue weighted by molar-refractivity contribution is 7.80. The second-order valence-corrected chi connectivity index (χ2v) is 8.38. The van der Waals surface area contributed by atoms with E-state index in [1.807, 2.05) is 0 Å². The van der Waals surface area contributed by atoms with Gasteiger partial charge in [-0.05, 0) is 50.3 Å². The quantitative estimate of drug-likeness (QED) is 0.394. The van der Waals surface area contributed by atoms with E-state index in [9.17, 15) is 18.0 Å². The van der Waals surface area contributed by atoms with Gasteiger partial charge in [0, 0.05) is 41.8 Å². The van der Waals surface area contributed by atoms with Gasteiger partial charge in [0.1, 0.15) is 17.5 Å². The molecule has 0 aromatic heterocycles. The first-order valence-corrected chi connectivity index (χ1v) is 10.5. The van der Waals surface area contributed by atoms with E-state index < -0.39 is 23.4 Å². The Labute approximate surface area is 193 Å². The zero-order valence-corrected chi connectivity index (χ0v) is 18.9. The van der Waals surface area contributed by atoms with Gasteiger partial charge in [0.25, 0.3) is 5.91 Å². The van der Waals surface area contributed by atoms with Gasteiger partial charge >= 0.3 is 0 Å². The maximum Gasteiger partial charge on any atom is 0.257 e. The Morgan fingerprint density at radius 3 is 2.41 bits per heavy atom. The first kappa shape index (κ1) is 23.8. The predicted molar refractivity (Wildman–Crippen MR) is 123 cm³/mol. The number of hydrogen-bond donors (Lipinski definition) is 2. The van der Waals surface area contributed by atoms with Crippen LogP contribution in [0.2, 0.25) is 5.02 Å². The van der Waals surface area contributed by atoms with Gasteiger partial charge in [-0.1, -0.05) is 11.6 Å². The summed E-state index contributed by atoms with van der Waals surface area (Å²) in [6.07, 6.45) is 1.07. The van der Waals surface area contributed by atoms with Crippen molar-refractivity contribution in [3.05, 3.63) is 63.9 Å². The number of nitrogens with two attached hydrogens (primary N) is 1. The summed E-state index contributed by atoms with van der Waals surface area (Å²) >= 11 is 10.4. The molecule has 1 aliphatic heterocycles. The fourth-order valence-electron chi connectivity index (χ4n) is 3.78. The second-order valence-electron chi connectivity index (χ2n) is 7.50. The van der Waals surface area contributed by atoms with Crippen LogP contribution in [0.4, 0.5) is 18.9 Å². The van der Waals surface area contributed by atoms with E-state index in [0.717, 1.165) is 24.4 Å². The van der Waals surface area contributed by atoms with Crippen LogP contribution >= 0.6 is 23.8 Å². The normalized spacial score (nSPS) is 18.8. The lowest BCUT2D eigenvalue weighted by Crippen LogP contribution is -2.59. The number of thiocarbonyl (C=S) groups is 1. The number of rotatable bonds is 4. The SMILES string of the molecule is C[C@@H]1CN(c2cc(F)c(C=NNC(N)=S)cc2F)C[C@H](C)N1C(=O)c1ccc(Cl)cc1F. The zero-order valence-electron chi connectivity index (χ0n) is 17.3. The highest BCUT2D eigenvalue weighted by Gasteiger charge is 2.35. The summed E-state index contributed by atoms with van der Waals surface area (Å²) in [5, 5.41) is 3.72. The van der Waals surface area contributed by atoms with Crippen molar-refractivity contribution in [3.8, 4) is 0 Å². The van der Waals surface area contributed by atoms with Crippen molar-refractivity contribution in [2.75, 3.05) is 18.0 Å². The molecule has 0 unspecified atom stereocenters. The third-order valence-electron chi connectivity index (χ3n) is 5.10. The standard InChI is InChI=1S/C21H21ClF3N5OS/c1-11-9-29(19-7-16(23)13(5-18(19)25)8-27-28-21(26)32)10-12(2)30(11)20(31)15-4-3-14(22)6-17(15)24/h3-8,11-12H,9-10H2,1-2H3,(H3,26,28,32)/t11-,12+. The van der Waals surface area contributed by atoms with Crippen LogP contribution in [0.15, 0.2) is 35.4 Å². The maximum atomic E-state index is 14.8. The molecule has 170 valence electrons. The number of amides is 1. The van der Waals surface area contributed by atoms with Crippen molar-refractivity contribution in [1.29, 1.82) is 0 Å². The molecule has 0 spiro atoms. The number of hydrogen-bond acceptors (Lipinski definition) is 4. The highest BCUT2D eigenvalue weighted by Crippen LogP contribution is 2.28. The fraction of sp³-hybridized carbons (Fsp3) is 0.286. The van der Waals surface area contributed by atoms with Crippen LogP contribution < -0.4 is 16.1 Å². The molecule has 1 heterocycles. The lowest BCUT2D eigenvalue weighted by molar-refractivity contribution is 0.0569. The van der Waals surface area contributed by atoms with Crippen LogP contribution in [0.25, 0.3) is 0 Å². The van der Waals surface area contributed by atoms with E-state index in [1.54, 1.807) is 23.6 Å². The van der Waals surface area contributed by atoms with Gasteiger partial charge in [-0.3, -0.25) is 10.2 Å². The molecule has 1 aliphatic rings. The van der Waals surface area contributed by atoms with Crippen molar-refractivity contribution in [1.82, 2.24) is 10.3 Å². The Morgan fingerprint density at radius 1 is 1.16 bits per heavy atom. The van der Waals surface area contributed by atoms with Gasteiger partial charge in [-0.25, -0.2) is 13.2 Å². The number of halogens is 4. The summed E-state index contributed by atoms with van der Waals surface area (Å²) in [5.74, 6) is -2.52. The summed E-state index contributed by atoms with van der Waals surface area (Å²) in [4.78, 5) is 16.2. The molecule has 11 heteroatoms. The molecule has 1 fully saturated rings. The number of carbonyl (C=O) groups is 1. The summed E-state index contributed by atoms with van der Waals surface area (Å²) in [7, 11) is 0. The third kappa shape index (κ3) is 5.13. The van der Waals surface area contributed by atoms with E-state index in [2.05, 4.69) is 22.7 Å². The maximum absolute atomic E-state index is 14.8. The van der Waals surface area contributed by atoms with Crippen LogP contribution in [0.3, 0.4) is 0 Å². The minimum Gasteiger partial charge on any atom is -0.375 e. The number of nitrogens with zero attached hydrogens (tertiary/aromatic N) is 3. The van der Waals surface area contributed by atoms with E-state index in [-0.39, 0.29) is 52.1 Å². The lowest BCUT2D eigenvalue weighted by atomic mass is 10.0. The number of piperazine rings is 1. The minimum atomic E-state index is -0.709. The van der Waals surface area contributed by atoms with Crippen LogP contribution in [0, 0.1) is 17.5 Å². The number of carbonyl (C=O) groups excluding carboxylic acids is 1. The van der Waals surface area contributed by atoms with E-state index in [1.165, 1.54) is 12.1 Å². The highest BCUT2D eigenvalue weighted by atomic mass is 35.5. The molecule has 1 amide bonds. The second kappa shape index (κ2) is 9.74. The van der Waals surface area contributed by atoms with Gasteiger partial charge in [-0.15, -0.1) is 0 Å². The summed E-state index contributed by atoms with van der Waals surface area (Å²) in [6, 6.07) is 5.19. The molecule has 3 N–H and O–H groups in total. The van der Waals surface area contributed by atoms with Crippen LogP contribution in [-0.2, 0) is 0 Å². The van der Waals surface area contributed by atoms with Crippen molar-refractivity contribution in [3.63, 3.8) is 0 Å². The molecular weight excluding hydrogens is 463 g/mol. The molecule has 6 nitrogen and oxygen atoms in total. The lowest BCUT2D eigenvalue weighted by Gasteiger charge is -2.45. The number of nitrogens with one attached hydrogen (secondary N) is 1. The average molecular weight is 484 g/mol. The monoisotopic (exact) mass is 483 g/mol. The first-order valence-electron chi connectivity index (χ1n) is 9.68. The van der Waals surface area contributed by atoms with Crippen LogP contribution in [-0.4, -0.2) is 47.3 Å². The van der Waals surface area contributed by atoms with Crippen molar-refractivity contribution in [2.45, 2.75) is 25.9 Å². The van der Waals surface area contributed by atoms with Gasteiger partial charge in [0.15, 0.2) is 5.11 Å². The first-order chi connectivity index (χ1) is 15.1. The summed E-state index contributed by atoms with van der Waals surface area (Å²) < 4.78 is 43.6. The molecule has 0 aliphatic carbocycles. The third-order valence-corrected chi connectivity index (χ3v) is 5.43. The molecule has 0 radical (unpaired) electrons. The Hall–Kier alpha value is -2.85. The van der Waals surface area contributed by atoms with E-state index >= 15 is 0 Å². The predicted octanol–water partition coefficient (Wildman–Crippen LogP) is 3.66. The summed E-state index contributed by atoms with van der Waals surface area (Å²) in [6.45, 7) is 4.01. The Morgan fingerprint density at radius 2 is 1.81 bits per heavy atom. The summed E-state index contributed by atoms with van der Waals surface area (Å²) in [5.41, 5.74) is 7.40. The molecule has 32 heavy (non-hydrogen) atoms. The van der Waals surface area contributed by atoms with Gasteiger partial charge in [0.2, 0.25) is 0 Å². The Kier molecular flexibility index (Phi) is 7.25. The molecule has 0 bridgehead atoms. The van der Waals surface area contributed by atoms with Crippen molar-refractivity contribution < 1.29 is 18.0 Å². The number of benzene rings is 2. The minimum absolute atomic E-state index is 0.0606. The van der Waals surface area contributed by atoms with Gasteiger partial charge < -0.3 is 15.5 Å². The molecule has 2 aromatic carbocycles. The largest absolute Gasteiger partial charge is 0.375 e. The Balaban J connectivity index is 1.80. The number of hydrazone groups is 1. The smallest absolute Gasteiger partial charge is 0.257 e. The molecule has 3 rings (SSSR count). The molecule has 2 atom stereocenters. The fourth-order valence-corrected chi connectivity index (χ4v) is 3.99. The van der Waals surface area contributed by atoms with Gasteiger partial charge in [-0.2, -0.15) is 5.10 Å². The molecule has 1 saturated heterocycles. The average Bonchev–Trinajstić information content (AvgIpc) is 2.69. The molecular formula is C21H21ClF3N5OS. The van der Waals surface area contributed by atoms with Gasteiger partial charge in [0.05, 0.1) is 17.5 Å². The molecule has 0 saturated carbocycles. The van der Waals surface area contributed by atoms with Crippen molar-refractivity contribution in [2.24, 2.45) is 10.8 Å². The van der Waals surface area contributed by atoms with E-state index in [0.29, 0.717) is 0 Å².